The van der Waals surface area contributed by atoms with E-state index in [9.17, 15) is 13.6 Å². The Bertz CT molecular complexity index is 1030. The summed E-state index contributed by atoms with van der Waals surface area (Å²) >= 11 is 5.89. The van der Waals surface area contributed by atoms with E-state index < -0.39 is 11.6 Å². The Kier molecular flexibility index (Phi) is 6.06. The van der Waals surface area contributed by atoms with Crippen LogP contribution in [0.5, 0.6) is 0 Å². The number of carbonyl (C=O) groups is 1. The number of piperidine rings is 1. The molecule has 1 saturated heterocycles. The highest BCUT2D eigenvalue weighted by Gasteiger charge is 2.26. The number of amides is 1. The van der Waals surface area contributed by atoms with Gasteiger partial charge in [-0.3, -0.25) is 9.69 Å². The number of carbonyl (C=O) groups excluding carboxylic acids is 1. The number of hydrogen-bond donors (Lipinski definition) is 1. The van der Waals surface area contributed by atoms with Crippen molar-refractivity contribution in [3.05, 3.63) is 65.0 Å². The number of benzene rings is 2. The first-order valence-electron chi connectivity index (χ1n) is 9.55. The van der Waals surface area contributed by atoms with Gasteiger partial charge in [0, 0.05) is 22.6 Å². The van der Waals surface area contributed by atoms with Gasteiger partial charge in [-0.15, -0.1) is 0 Å². The van der Waals surface area contributed by atoms with E-state index in [0.29, 0.717) is 49.2 Å². The van der Waals surface area contributed by atoms with Crippen LogP contribution in [0.15, 0.2) is 47.0 Å². The lowest BCUT2D eigenvalue weighted by Crippen LogP contribution is -2.37. The van der Waals surface area contributed by atoms with Gasteiger partial charge in [-0.1, -0.05) is 16.8 Å². The molecule has 30 heavy (non-hydrogen) atoms. The average Bonchev–Trinajstić information content (AvgIpc) is 3.19. The highest BCUT2D eigenvalue weighted by atomic mass is 35.5. The molecule has 0 atom stereocenters. The minimum absolute atomic E-state index is 0.00980. The van der Waals surface area contributed by atoms with Crippen LogP contribution >= 0.6 is 11.6 Å². The summed E-state index contributed by atoms with van der Waals surface area (Å²) in [5.41, 5.74) is 0.808. The van der Waals surface area contributed by atoms with Gasteiger partial charge in [0.1, 0.15) is 11.6 Å². The lowest BCUT2D eigenvalue weighted by Gasteiger charge is -2.30. The molecule has 0 aliphatic carbocycles. The van der Waals surface area contributed by atoms with Gasteiger partial charge in [-0.2, -0.15) is 4.98 Å². The lowest BCUT2D eigenvalue weighted by atomic mass is 9.96. The molecule has 0 spiro atoms. The van der Waals surface area contributed by atoms with Crippen LogP contribution in [0.1, 0.15) is 18.7 Å². The first-order chi connectivity index (χ1) is 14.5. The molecule has 9 heteroatoms. The molecule has 3 aromatic rings. The molecule has 1 aromatic heterocycles. The molecule has 2 aromatic carbocycles. The standard InChI is InChI=1S/C21H19ClF2N4O2/c22-15-3-1-13(2-4-15)20-26-19(30-27-20)12-28-9-7-14(8-10-28)21(29)25-18-6-5-16(23)11-17(18)24/h1-6,11,14H,7-10,12H2,(H,25,29). The maximum atomic E-state index is 13.7. The van der Waals surface area contributed by atoms with Crippen molar-refractivity contribution in [1.82, 2.24) is 15.0 Å². The molecule has 2 heterocycles. The summed E-state index contributed by atoms with van der Waals surface area (Å²) in [6.07, 6.45) is 1.24. The average molecular weight is 433 g/mol. The predicted molar refractivity (Wildman–Crippen MR) is 108 cm³/mol. The Morgan fingerprint density at radius 3 is 2.60 bits per heavy atom. The molecular weight excluding hydrogens is 414 g/mol. The minimum Gasteiger partial charge on any atom is -0.338 e. The first-order valence-corrected chi connectivity index (χ1v) is 9.92. The van der Waals surface area contributed by atoms with Crippen molar-refractivity contribution in [2.45, 2.75) is 19.4 Å². The van der Waals surface area contributed by atoms with Crippen LogP contribution in [0.2, 0.25) is 5.02 Å². The van der Waals surface area contributed by atoms with E-state index in [2.05, 4.69) is 20.4 Å². The normalized spacial score (nSPS) is 15.3. The van der Waals surface area contributed by atoms with E-state index in [0.717, 1.165) is 17.7 Å². The van der Waals surface area contributed by atoms with Crippen LogP contribution in [0.25, 0.3) is 11.4 Å². The number of halogens is 3. The maximum absolute atomic E-state index is 13.7. The fourth-order valence-corrected chi connectivity index (χ4v) is 3.53. The lowest BCUT2D eigenvalue weighted by molar-refractivity contribution is -0.121. The second kappa shape index (κ2) is 8.89. The molecule has 1 N–H and O–H groups in total. The predicted octanol–water partition coefficient (Wildman–Crippen LogP) is 4.52. The number of aromatic nitrogens is 2. The van der Waals surface area contributed by atoms with Crippen molar-refractivity contribution < 1.29 is 18.1 Å². The Morgan fingerprint density at radius 2 is 1.90 bits per heavy atom. The number of nitrogens with one attached hydrogen (secondary N) is 1. The summed E-state index contributed by atoms with van der Waals surface area (Å²) in [5, 5.41) is 7.19. The second-order valence-corrected chi connectivity index (χ2v) is 7.62. The van der Waals surface area contributed by atoms with E-state index in [1.807, 2.05) is 12.1 Å². The quantitative estimate of drug-likeness (QED) is 0.642. The van der Waals surface area contributed by atoms with E-state index in [1.54, 1.807) is 12.1 Å². The molecule has 0 saturated carbocycles. The van der Waals surface area contributed by atoms with E-state index in [-0.39, 0.29) is 17.5 Å². The number of likely N-dealkylation sites (tertiary alicyclic amines) is 1. The Balaban J connectivity index is 1.29. The summed E-state index contributed by atoms with van der Waals surface area (Å²) < 4.78 is 32.1. The van der Waals surface area contributed by atoms with Crippen molar-refractivity contribution in [1.29, 1.82) is 0 Å². The van der Waals surface area contributed by atoms with Crippen molar-refractivity contribution in [3.8, 4) is 11.4 Å². The SMILES string of the molecule is O=C(Nc1ccc(F)cc1F)C1CCN(Cc2nc(-c3ccc(Cl)cc3)no2)CC1. The van der Waals surface area contributed by atoms with Gasteiger partial charge in [0.2, 0.25) is 17.6 Å². The molecule has 1 fully saturated rings. The number of rotatable bonds is 5. The zero-order valence-electron chi connectivity index (χ0n) is 15.9. The zero-order valence-corrected chi connectivity index (χ0v) is 16.7. The Morgan fingerprint density at radius 1 is 1.17 bits per heavy atom. The van der Waals surface area contributed by atoms with Gasteiger partial charge < -0.3 is 9.84 Å². The molecular formula is C21H19ClF2N4O2. The van der Waals surface area contributed by atoms with Gasteiger partial charge in [-0.25, -0.2) is 8.78 Å². The van der Waals surface area contributed by atoms with E-state index in [1.165, 1.54) is 6.07 Å². The third-order valence-corrected chi connectivity index (χ3v) is 5.33. The van der Waals surface area contributed by atoms with Crippen LogP contribution in [-0.4, -0.2) is 34.0 Å². The van der Waals surface area contributed by atoms with Gasteiger partial charge in [0.25, 0.3) is 0 Å². The molecule has 6 nitrogen and oxygen atoms in total. The van der Waals surface area contributed by atoms with Crippen molar-refractivity contribution in [3.63, 3.8) is 0 Å². The summed E-state index contributed by atoms with van der Waals surface area (Å²) in [4.78, 5) is 19.0. The molecule has 1 aliphatic rings. The summed E-state index contributed by atoms with van der Waals surface area (Å²) in [7, 11) is 0. The zero-order chi connectivity index (χ0) is 21.1. The molecule has 1 amide bonds. The smallest absolute Gasteiger partial charge is 0.241 e. The van der Waals surface area contributed by atoms with Crippen LogP contribution in [-0.2, 0) is 11.3 Å². The maximum Gasteiger partial charge on any atom is 0.241 e. The highest BCUT2D eigenvalue weighted by molar-refractivity contribution is 6.30. The van der Waals surface area contributed by atoms with Crippen molar-refractivity contribution in [2.24, 2.45) is 5.92 Å². The van der Waals surface area contributed by atoms with Gasteiger partial charge in [0.15, 0.2) is 0 Å². The molecule has 156 valence electrons. The molecule has 4 rings (SSSR count). The Labute approximate surface area is 176 Å². The number of nitrogens with zero attached hydrogens (tertiary/aromatic N) is 3. The van der Waals surface area contributed by atoms with Gasteiger partial charge in [0.05, 0.1) is 12.2 Å². The topological polar surface area (TPSA) is 71.3 Å². The first kappa shape index (κ1) is 20.4. The molecule has 0 unspecified atom stereocenters. The summed E-state index contributed by atoms with van der Waals surface area (Å²) in [6.45, 7) is 1.83. The molecule has 1 aliphatic heterocycles. The minimum atomic E-state index is -0.784. The largest absolute Gasteiger partial charge is 0.338 e. The third kappa shape index (κ3) is 4.83. The van der Waals surface area contributed by atoms with E-state index >= 15 is 0 Å². The van der Waals surface area contributed by atoms with Gasteiger partial charge in [-0.05, 0) is 62.3 Å². The van der Waals surface area contributed by atoms with Crippen LogP contribution in [0, 0.1) is 17.6 Å². The number of anilines is 1. The Hall–Kier alpha value is -2.84. The van der Waals surface area contributed by atoms with Crippen LogP contribution in [0.4, 0.5) is 14.5 Å². The van der Waals surface area contributed by atoms with Gasteiger partial charge >= 0.3 is 0 Å². The third-order valence-electron chi connectivity index (χ3n) is 5.08. The summed E-state index contributed by atoms with van der Waals surface area (Å²) in [6, 6.07) is 10.3. The van der Waals surface area contributed by atoms with Crippen LogP contribution in [0.3, 0.4) is 0 Å². The fourth-order valence-electron chi connectivity index (χ4n) is 3.41. The second-order valence-electron chi connectivity index (χ2n) is 7.18. The van der Waals surface area contributed by atoms with E-state index in [4.69, 9.17) is 16.1 Å². The van der Waals surface area contributed by atoms with Crippen molar-refractivity contribution >= 4 is 23.2 Å². The highest BCUT2D eigenvalue weighted by Crippen LogP contribution is 2.23. The summed E-state index contributed by atoms with van der Waals surface area (Å²) in [5.74, 6) is -0.970. The molecule has 0 radical (unpaired) electrons. The molecule has 0 bridgehead atoms. The monoisotopic (exact) mass is 432 g/mol. The number of hydrogen-bond acceptors (Lipinski definition) is 5. The fraction of sp³-hybridized carbons (Fsp3) is 0.286. The van der Waals surface area contributed by atoms with Crippen molar-refractivity contribution in [2.75, 3.05) is 18.4 Å². The van der Waals surface area contributed by atoms with Crippen LogP contribution < -0.4 is 5.32 Å².